The number of piperidine rings is 1. The standard InChI is InChI=1S/C26H30N4O4S/c1-19(31)28-14-16-30(17-15-28)35(33,34)23-8-6-21(7-9-23)26(32)29-12-10-20(11-13-29)25-18-22-4-2-3-5-24(22)27-25/h2-9,18,20,27H,10-17H2,1H3. The number of piperazine rings is 1. The van der Waals surface area contributed by atoms with E-state index in [1.807, 2.05) is 17.0 Å². The molecule has 3 aromatic rings. The van der Waals surface area contributed by atoms with Gasteiger partial charge in [-0.3, -0.25) is 9.59 Å². The number of para-hydroxylation sites is 1. The molecule has 184 valence electrons. The van der Waals surface area contributed by atoms with Crippen LogP contribution in [-0.4, -0.2) is 78.6 Å². The molecule has 1 N–H and O–H groups in total. The summed E-state index contributed by atoms with van der Waals surface area (Å²) in [5, 5.41) is 1.21. The van der Waals surface area contributed by atoms with Crippen molar-refractivity contribution in [1.29, 1.82) is 0 Å². The van der Waals surface area contributed by atoms with E-state index in [-0.39, 0.29) is 29.8 Å². The van der Waals surface area contributed by atoms with Crippen molar-refractivity contribution in [2.24, 2.45) is 0 Å². The molecule has 0 spiro atoms. The SMILES string of the molecule is CC(=O)N1CCN(S(=O)(=O)c2ccc(C(=O)N3CCC(c4cc5ccccc5[nH]4)CC3)cc2)CC1. The zero-order valence-electron chi connectivity index (χ0n) is 19.8. The number of carbonyl (C=O) groups is 2. The number of benzene rings is 2. The molecule has 2 fully saturated rings. The minimum absolute atomic E-state index is 0.0460. The van der Waals surface area contributed by atoms with E-state index in [9.17, 15) is 18.0 Å². The fourth-order valence-corrected chi connectivity index (χ4v) is 6.48. The van der Waals surface area contributed by atoms with Gasteiger partial charge in [0.1, 0.15) is 0 Å². The molecular formula is C26H30N4O4S. The van der Waals surface area contributed by atoms with E-state index >= 15 is 0 Å². The molecule has 35 heavy (non-hydrogen) atoms. The molecule has 0 atom stereocenters. The molecule has 0 radical (unpaired) electrons. The molecule has 1 aromatic heterocycles. The van der Waals surface area contributed by atoms with Crippen molar-refractivity contribution < 1.29 is 18.0 Å². The molecule has 0 aliphatic carbocycles. The Morgan fingerprint density at radius 3 is 2.14 bits per heavy atom. The third-order valence-corrected chi connectivity index (χ3v) is 9.11. The Morgan fingerprint density at radius 1 is 0.857 bits per heavy atom. The lowest BCUT2D eigenvalue weighted by Gasteiger charge is -2.33. The first-order chi connectivity index (χ1) is 16.8. The predicted molar refractivity (Wildman–Crippen MR) is 134 cm³/mol. The van der Waals surface area contributed by atoms with Crippen LogP contribution in [0.5, 0.6) is 0 Å². The number of fused-ring (bicyclic) bond motifs is 1. The normalized spacial score (nSPS) is 18.2. The number of nitrogens with zero attached hydrogens (tertiary/aromatic N) is 3. The van der Waals surface area contributed by atoms with E-state index in [2.05, 4.69) is 23.2 Å². The second-order valence-electron chi connectivity index (χ2n) is 9.31. The molecule has 9 heteroatoms. The van der Waals surface area contributed by atoms with E-state index in [0.29, 0.717) is 37.7 Å². The number of nitrogens with one attached hydrogen (secondary N) is 1. The van der Waals surface area contributed by atoms with Crippen LogP contribution in [0, 0.1) is 0 Å². The first-order valence-electron chi connectivity index (χ1n) is 12.1. The minimum atomic E-state index is -3.66. The van der Waals surface area contributed by atoms with Crippen LogP contribution in [0.15, 0.2) is 59.5 Å². The summed E-state index contributed by atoms with van der Waals surface area (Å²) < 4.78 is 27.4. The average molecular weight is 495 g/mol. The van der Waals surface area contributed by atoms with Crippen molar-refractivity contribution in [3.63, 3.8) is 0 Å². The van der Waals surface area contributed by atoms with Crippen LogP contribution in [0.3, 0.4) is 0 Å². The van der Waals surface area contributed by atoms with Crippen LogP contribution < -0.4 is 0 Å². The van der Waals surface area contributed by atoms with Crippen molar-refractivity contribution in [3.8, 4) is 0 Å². The van der Waals surface area contributed by atoms with Gasteiger partial charge in [0.2, 0.25) is 15.9 Å². The van der Waals surface area contributed by atoms with Crippen LogP contribution in [0.2, 0.25) is 0 Å². The highest BCUT2D eigenvalue weighted by atomic mass is 32.2. The van der Waals surface area contributed by atoms with Crippen molar-refractivity contribution in [2.45, 2.75) is 30.6 Å². The Kier molecular flexibility index (Phi) is 6.37. The maximum atomic E-state index is 13.1. The number of amides is 2. The lowest BCUT2D eigenvalue weighted by Crippen LogP contribution is -2.49. The summed E-state index contributed by atoms with van der Waals surface area (Å²) in [5.41, 5.74) is 2.85. The van der Waals surface area contributed by atoms with Crippen molar-refractivity contribution in [2.75, 3.05) is 39.3 Å². The summed E-state index contributed by atoms with van der Waals surface area (Å²) in [4.78, 5) is 31.8. The van der Waals surface area contributed by atoms with Gasteiger partial charge < -0.3 is 14.8 Å². The molecule has 0 unspecified atom stereocenters. The van der Waals surface area contributed by atoms with Gasteiger partial charge in [0.15, 0.2) is 0 Å². The largest absolute Gasteiger partial charge is 0.358 e. The van der Waals surface area contributed by atoms with Gasteiger partial charge in [-0.15, -0.1) is 0 Å². The fourth-order valence-electron chi connectivity index (χ4n) is 5.05. The summed E-state index contributed by atoms with van der Waals surface area (Å²) in [7, 11) is -3.66. The maximum absolute atomic E-state index is 13.1. The molecule has 2 aromatic carbocycles. The molecule has 3 heterocycles. The first kappa shape index (κ1) is 23.6. The Balaban J connectivity index is 1.20. The molecule has 0 saturated carbocycles. The van der Waals surface area contributed by atoms with Gasteiger partial charge in [-0.1, -0.05) is 18.2 Å². The Hall–Kier alpha value is -3.17. The molecule has 0 bridgehead atoms. The number of H-pyrrole nitrogens is 1. The molecule has 2 saturated heterocycles. The summed E-state index contributed by atoms with van der Waals surface area (Å²) in [6.07, 6.45) is 1.77. The number of hydrogen-bond acceptors (Lipinski definition) is 4. The van der Waals surface area contributed by atoms with Crippen LogP contribution in [0.1, 0.15) is 41.7 Å². The van der Waals surface area contributed by atoms with E-state index < -0.39 is 10.0 Å². The topological polar surface area (TPSA) is 93.8 Å². The summed E-state index contributed by atoms with van der Waals surface area (Å²) in [6, 6.07) is 16.7. The Bertz CT molecular complexity index is 1300. The van der Waals surface area contributed by atoms with Crippen LogP contribution in [0.4, 0.5) is 0 Å². The zero-order chi connectivity index (χ0) is 24.6. The van der Waals surface area contributed by atoms with Crippen molar-refractivity contribution in [3.05, 3.63) is 65.9 Å². The zero-order valence-corrected chi connectivity index (χ0v) is 20.6. The quantitative estimate of drug-likeness (QED) is 0.603. The Labute approximate surface area is 205 Å². The predicted octanol–water partition coefficient (Wildman–Crippen LogP) is 3.04. The second kappa shape index (κ2) is 9.47. The lowest BCUT2D eigenvalue weighted by molar-refractivity contribution is -0.129. The van der Waals surface area contributed by atoms with Gasteiger partial charge in [-0.05, 0) is 54.6 Å². The number of sulfonamides is 1. The highest BCUT2D eigenvalue weighted by Crippen LogP contribution is 2.30. The van der Waals surface area contributed by atoms with Gasteiger partial charge in [-0.2, -0.15) is 4.31 Å². The van der Waals surface area contributed by atoms with Crippen LogP contribution >= 0.6 is 0 Å². The van der Waals surface area contributed by atoms with Gasteiger partial charge >= 0.3 is 0 Å². The fraction of sp³-hybridized carbons (Fsp3) is 0.385. The number of hydrogen-bond donors (Lipinski definition) is 1. The van der Waals surface area contributed by atoms with Gasteiger partial charge in [0.05, 0.1) is 4.90 Å². The number of carbonyl (C=O) groups excluding carboxylic acids is 2. The average Bonchev–Trinajstić information content (AvgIpc) is 3.33. The highest BCUT2D eigenvalue weighted by molar-refractivity contribution is 7.89. The van der Waals surface area contributed by atoms with Crippen molar-refractivity contribution >= 4 is 32.7 Å². The Morgan fingerprint density at radius 2 is 1.51 bits per heavy atom. The smallest absolute Gasteiger partial charge is 0.253 e. The van der Waals surface area contributed by atoms with Crippen molar-refractivity contribution in [1.82, 2.24) is 19.1 Å². The molecule has 2 amide bonds. The van der Waals surface area contributed by atoms with E-state index in [1.165, 1.54) is 34.4 Å². The molecule has 2 aliphatic rings. The summed E-state index contributed by atoms with van der Waals surface area (Å²) in [6.45, 7) is 4.14. The van der Waals surface area contributed by atoms with Gasteiger partial charge in [0, 0.05) is 68.9 Å². The number of aromatic nitrogens is 1. The molecule has 5 rings (SSSR count). The van der Waals surface area contributed by atoms with E-state index in [4.69, 9.17) is 0 Å². The van der Waals surface area contributed by atoms with Gasteiger partial charge in [-0.25, -0.2) is 8.42 Å². The molecular weight excluding hydrogens is 464 g/mol. The van der Waals surface area contributed by atoms with Gasteiger partial charge in [0.25, 0.3) is 5.91 Å². The number of likely N-dealkylation sites (tertiary alicyclic amines) is 1. The third-order valence-electron chi connectivity index (χ3n) is 7.20. The highest BCUT2D eigenvalue weighted by Gasteiger charge is 2.30. The summed E-state index contributed by atoms with van der Waals surface area (Å²) in [5.74, 6) is 0.275. The number of aromatic amines is 1. The maximum Gasteiger partial charge on any atom is 0.253 e. The van der Waals surface area contributed by atoms with Crippen LogP contribution in [-0.2, 0) is 14.8 Å². The first-order valence-corrected chi connectivity index (χ1v) is 13.5. The van der Waals surface area contributed by atoms with E-state index in [0.717, 1.165) is 18.4 Å². The monoisotopic (exact) mass is 494 g/mol. The lowest BCUT2D eigenvalue weighted by atomic mass is 9.93. The minimum Gasteiger partial charge on any atom is -0.358 e. The summed E-state index contributed by atoms with van der Waals surface area (Å²) >= 11 is 0. The third kappa shape index (κ3) is 4.70. The molecule has 2 aliphatic heterocycles. The van der Waals surface area contributed by atoms with Crippen LogP contribution in [0.25, 0.3) is 10.9 Å². The van der Waals surface area contributed by atoms with E-state index in [1.54, 1.807) is 17.0 Å². The molecule has 8 nitrogen and oxygen atoms in total. The second-order valence-corrected chi connectivity index (χ2v) is 11.3. The number of rotatable bonds is 4.